The standard InChI is InChI=1S/C18H11N3OS2/c1-11-20-17(22-14-6-3-2-5-12(14)9-19)16-13(10-24-18(16)21-11)15-7-4-8-23-15/h2-8,10H,1H3. The zero-order valence-corrected chi connectivity index (χ0v) is 14.3. The van der Waals surface area contributed by atoms with Crippen LogP contribution in [-0.2, 0) is 0 Å². The molecule has 6 heteroatoms. The van der Waals surface area contributed by atoms with Crippen LogP contribution in [0.4, 0.5) is 0 Å². The molecule has 0 spiro atoms. The first-order valence-corrected chi connectivity index (χ1v) is 8.99. The van der Waals surface area contributed by atoms with Crippen LogP contribution in [0.2, 0.25) is 0 Å². The Bertz CT molecular complexity index is 1060. The number of hydrogen-bond donors (Lipinski definition) is 0. The van der Waals surface area contributed by atoms with Gasteiger partial charge in [0.05, 0.1) is 10.9 Å². The van der Waals surface area contributed by atoms with Crippen molar-refractivity contribution in [2.45, 2.75) is 6.92 Å². The number of nitriles is 1. The molecule has 0 radical (unpaired) electrons. The molecule has 0 fully saturated rings. The second kappa shape index (κ2) is 6.04. The lowest BCUT2D eigenvalue weighted by molar-refractivity contribution is 0.465. The summed E-state index contributed by atoms with van der Waals surface area (Å²) in [5.74, 6) is 1.64. The maximum Gasteiger partial charge on any atom is 0.232 e. The van der Waals surface area contributed by atoms with E-state index in [-0.39, 0.29) is 0 Å². The van der Waals surface area contributed by atoms with Crippen molar-refractivity contribution in [1.29, 1.82) is 5.26 Å². The Kier molecular flexibility index (Phi) is 3.73. The van der Waals surface area contributed by atoms with Crippen molar-refractivity contribution in [2.75, 3.05) is 0 Å². The van der Waals surface area contributed by atoms with Gasteiger partial charge in [0.15, 0.2) is 0 Å². The summed E-state index contributed by atoms with van der Waals surface area (Å²) in [7, 11) is 0. The van der Waals surface area contributed by atoms with Gasteiger partial charge in [-0.25, -0.2) is 4.98 Å². The van der Waals surface area contributed by atoms with Gasteiger partial charge in [0, 0.05) is 15.8 Å². The first-order valence-electron chi connectivity index (χ1n) is 7.23. The molecule has 4 aromatic rings. The molecule has 4 rings (SSSR count). The van der Waals surface area contributed by atoms with E-state index < -0.39 is 0 Å². The summed E-state index contributed by atoms with van der Waals surface area (Å²) >= 11 is 3.24. The Labute approximate surface area is 146 Å². The Hall–Kier alpha value is -2.75. The van der Waals surface area contributed by atoms with E-state index in [9.17, 15) is 5.26 Å². The molecule has 116 valence electrons. The SMILES string of the molecule is Cc1nc(Oc2ccccc2C#N)c2c(-c3cccs3)csc2n1. The van der Waals surface area contributed by atoms with Crippen molar-refractivity contribution in [1.82, 2.24) is 9.97 Å². The minimum absolute atomic E-state index is 0.481. The molecule has 0 amide bonds. The first-order chi connectivity index (χ1) is 11.8. The third-order valence-electron chi connectivity index (χ3n) is 3.51. The second-order valence-electron chi connectivity index (χ2n) is 5.09. The number of benzene rings is 1. The summed E-state index contributed by atoms with van der Waals surface area (Å²) in [5, 5.41) is 14.3. The van der Waals surface area contributed by atoms with Crippen LogP contribution < -0.4 is 4.74 Å². The largest absolute Gasteiger partial charge is 0.437 e. The molecule has 0 N–H and O–H groups in total. The second-order valence-corrected chi connectivity index (χ2v) is 6.90. The number of aromatic nitrogens is 2. The number of hydrogen-bond acceptors (Lipinski definition) is 6. The van der Waals surface area contributed by atoms with Gasteiger partial charge in [-0.15, -0.1) is 22.7 Å². The first kappa shape index (κ1) is 14.8. The van der Waals surface area contributed by atoms with Gasteiger partial charge in [-0.3, -0.25) is 0 Å². The number of aryl methyl sites for hydroxylation is 1. The van der Waals surface area contributed by atoms with Gasteiger partial charge in [0.25, 0.3) is 0 Å². The van der Waals surface area contributed by atoms with Gasteiger partial charge in [-0.1, -0.05) is 18.2 Å². The zero-order valence-electron chi connectivity index (χ0n) is 12.7. The van der Waals surface area contributed by atoms with Crippen LogP contribution in [0, 0.1) is 18.3 Å². The normalized spacial score (nSPS) is 10.7. The average molecular weight is 349 g/mol. The van der Waals surface area contributed by atoms with Crippen molar-refractivity contribution in [3.8, 4) is 28.1 Å². The summed E-state index contributed by atoms with van der Waals surface area (Å²) in [6.07, 6.45) is 0. The number of fused-ring (bicyclic) bond motifs is 1. The Balaban J connectivity index is 1.91. The van der Waals surface area contributed by atoms with Gasteiger partial charge >= 0.3 is 0 Å². The van der Waals surface area contributed by atoms with E-state index in [0.717, 1.165) is 20.7 Å². The summed E-state index contributed by atoms with van der Waals surface area (Å²) in [6, 6.07) is 13.4. The van der Waals surface area contributed by atoms with Crippen LogP contribution in [0.5, 0.6) is 11.6 Å². The third kappa shape index (κ3) is 2.54. The van der Waals surface area contributed by atoms with Crippen LogP contribution in [0.25, 0.3) is 20.7 Å². The van der Waals surface area contributed by atoms with Crippen LogP contribution in [0.3, 0.4) is 0 Å². The average Bonchev–Trinajstić information content (AvgIpc) is 3.24. The monoisotopic (exact) mass is 349 g/mol. The van der Waals surface area contributed by atoms with Crippen LogP contribution >= 0.6 is 22.7 Å². The fourth-order valence-corrected chi connectivity index (χ4v) is 4.25. The van der Waals surface area contributed by atoms with E-state index >= 15 is 0 Å². The quantitative estimate of drug-likeness (QED) is 0.497. The Morgan fingerprint density at radius 1 is 1.08 bits per heavy atom. The third-order valence-corrected chi connectivity index (χ3v) is 5.29. The van der Waals surface area contributed by atoms with Crippen molar-refractivity contribution in [2.24, 2.45) is 0 Å². The van der Waals surface area contributed by atoms with E-state index in [1.54, 1.807) is 34.8 Å². The summed E-state index contributed by atoms with van der Waals surface area (Å²) in [5.41, 5.74) is 1.55. The zero-order chi connectivity index (χ0) is 16.5. The van der Waals surface area contributed by atoms with E-state index in [2.05, 4.69) is 27.5 Å². The van der Waals surface area contributed by atoms with Crippen molar-refractivity contribution in [3.05, 3.63) is 58.5 Å². The molecular formula is C18H11N3OS2. The lowest BCUT2D eigenvalue weighted by Crippen LogP contribution is -1.95. The molecule has 3 aromatic heterocycles. The van der Waals surface area contributed by atoms with E-state index in [4.69, 9.17) is 4.74 Å². The molecule has 0 atom stereocenters. The Morgan fingerprint density at radius 3 is 2.75 bits per heavy atom. The van der Waals surface area contributed by atoms with Gasteiger partial charge in [0.1, 0.15) is 22.5 Å². The maximum absolute atomic E-state index is 9.27. The number of nitrogens with zero attached hydrogens (tertiary/aromatic N) is 3. The van der Waals surface area contributed by atoms with Crippen molar-refractivity contribution in [3.63, 3.8) is 0 Å². The van der Waals surface area contributed by atoms with Crippen molar-refractivity contribution >= 4 is 32.9 Å². The molecule has 0 saturated heterocycles. The number of ether oxygens (including phenoxy) is 1. The van der Waals surface area contributed by atoms with E-state index in [0.29, 0.717) is 23.0 Å². The van der Waals surface area contributed by atoms with E-state index in [1.807, 2.05) is 30.5 Å². The number of thiophene rings is 2. The predicted octanol–water partition coefficient (Wildman–Crippen LogP) is 5.39. The highest BCUT2D eigenvalue weighted by Crippen LogP contribution is 2.41. The van der Waals surface area contributed by atoms with Gasteiger partial charge in [-0.2, -0.15) is 10.2 Å². The molecule has 0 aliphatic carbocycles. The topological polar surface area (TPSA) is 58.8 Å². The predicted molar refractivity (Wildman–Crippen MR) is 96.7 cm³/mol. The molecule has 1 aromatic carbocycles. The maximum atomic E-state index is 9.27. The van der Waals surface area contributed by atoms with Crippen LogP contribution in [0.1, 0.15) is 11.4 Å². The molecule has 0 aliphatic rings. The molecule has 4 nitrogen and oxygen atoms in total. The fourth-order valence-electron chi connectivity index (χ4n) is 2.45. The smallest absolute Gasteiger partial charge is 0.232 e. The van der Waals surface area contributed by atoms with Gasteiger partial charge in [0.2, 0.25) is 5.88 Å². The van der Waals surface area contributed by atoms with E-state index in [1.165, 1.54) is 0 Å². The lowest BCUT2D eigenvalue weighted by atomic mass is 10.2. The molecule has 0 bridgehead atoms. The lowest BCUT2D eigenvalue weighted by Gasteiger charge is -2.09. The highest BCUT2D eigenvalue weighted by molar-refractivity contribution is 7.18. The summed E-state index contributed by atoms with van der Waals surface area (Å²) in [6.45, 7) is 1.84. The molecule has 24 heavy (non-hydrogen) atoms. The highest BCUT2D eigenvalue weighted by atomic mass is 32.1. The minimum Gasteiger partial charge on any atom is -0.437 e. The van der Waals surface area contributed by atoms with Gasteiger partial charge < -0.3 is 4.74 Å². The van der Waals surface area contributed by atoms with Crippen LogP contribution in [-0.4, -0.2) is 9.97 Å². The summed E-state index contributed by atoms with van der Waals surface area (Å²) < 4.78 is 6.03. The highest BCUT2D eigenvalue weighted by Gasteiger charge is 2.17. The van der Waals surface area contributed by atoms with Crippen LogP contribution in [0.15, 0.2) is 47.2 Å². The molecule has 0 saturated carbocycles. The number of rotatable bonds is 3. The van der Waals surface area contributed by atoms with Crippen molar-refractivity contribution < 1.29 is 4.74 Å². The molecule has 0 aliphatic heterocycles. The summed E-state index contributed by atoms with van der Waals surface area (Å²) in [4.78, 5) is 11.0. The fraction of sp³-hybridized carbons (Fsp3) is 0.0556. The molecular weight excluding hydrogens is 338 g/mol. The van der Waals surface area contributed by atoms with Gasteiger partial charge in [-0.05, 0) is 30.5 Å². The molecule has 0 unspecified atom stereocenters. The molecule has 3 heterocycles. The minimum atomic E-state index is 0.481. The number of para-hydroxylation sites is 1. The Morgan fingerprint density at radius 2 is 1.96 bits per heavy atom.